The van der Waals surface area contributed by atoms with E-state index in [2.05, 4.69) is 12.2 Å². The van der Waals surface area contributed by atoms with Crippen molar-refractivity contribution in [3.63, 3.8) is 0 Å². The molecule has 0 aliphatic rings. The summed E-state index contributed by atoms with van der Waals surface area (Å²) in [6.45, 7) is 3.67. The van der Waals surface area contributed by atoms with Gasteiger partial charge in [0.15, 0.2) is 0 Å². The molecule has 0 heterocycles. The molecule has 6 nitrogen and oxygen atoms in total. The summed E-state index contributed by atoms with van der Waals surface area (Å²) in [7, 11) is -1.75. The van der Waals surface area contributed by atoms with E-state index >= 15 is 0 Å². The van der Waals surface area contributed by atoms with E-state index in [9.17, 15) is 13.2 Å². The maximum atomic E-state index is 12.4. The molecule has 0 atom stereocenters. The lowest BCUT2D eigenvalue weighted by atomic mass is 10.2. The predicted molar refractivity (Wildman–Crippen MR) is 97.6 cm³/mol. The molecule has 0 aromatic heterocycles. The van der Waals surface area contributed by atoms with Crippen LogP contribution in [-0.4, -0.2) is 56.6 Å². The number of nitrogens with zero attached hydrogens (tertiary/aromatic N) is 2. The molecule has 136 valence electrons. The van der Waals surface area contributed by atoms with Crippen molar-refractivity contribution in [3.05, 3.63) is 34.9 Å². The minimum atomic E-state index is -3.23. The van der Waals surface area contributed by atoms with E-state index in [1.807, 2.05) is 18.2 Å². The third-order valence-corrected chi connectivity index (χ3v) is 5.15. The van der Waals surface area contributed by atoms with Crippen LogP contribution in [0.25, 0.3) is 0 Å². The van der Waals surface area contributed by atoms with Crippen molar-refractivity contribution in [2.45, 2.75) is 26.3 Å². The summed E-state index contributed by atoms with van der Waals surface area (Å²) in [5.74, 6) is 0. The number of urea groups is 1. The first-order valence-corrected chi connectivity index (χ1v) is 10.1. The van der Waals surface area contributed by atoms with Crippen molar-refractivity contribution in [2.75, 3.05) is 32.9 Å². The quantitative estimate of drug-likeness (QED) is 0.721. The van der Waals surface area contributed by atoms with Crippen molar-refractivity contribution in [3.8, 4) is 0 Å². The minimum Gasteiger partial charge on any atom is -0.337 e. The van der Waals surface area contributed by atoms with E-state index < -0.39 is 10.0 Å². The van der Waals surface area contributed by atoms with Crippen LogP contribution >= 0.6 is 11.6 Å². The maximum Gasteiger partial charge on any atom is 0.317 e. The Kier molecular flexibility index (Phi) is 8.52. The average Bonchev–Trinajstić information content (AvgIpc) is 2.50. The second-order valence-electron chi connectivity index (χ2n) is 5.72. The zero-order valence-electron chi connectivity index (χ0n) is 14.5. The molecule has 2 amide bonds. The molecule has 0 fully saturated rings. The Morgan fingerprint density at radius 2 is 2.00 bits per heavy atom. The molecular formula is C16H26ClN3O3S. The highest BCUT2D eigenvalue weighted by atomic mass is 35.5. The molecule has 0 bridgehead atoms. The predicted octanol–water partition coefficient (Wildman–Crippen LogP) is 2.54. The Hall–Kier alpha value is -1.31. The maximum absolute atomic E-state index is 12.4. The van der Waals surface area contributed by atoms with Crippen molar-refractivity contribution < 1.29 is 13.2 Å². The fraction of sp³-hybridized carbons (Fsp3) is 0.562. The first-order valence-electron chi connectivity index (χ1n) is 7.92. The van der Waals surface area contributed by atoms with Gasteiger partial charge < -0.3 is 10.2 Å². The number of hydrogen-bond donors (Lipinski definition) is 1. The molecule has 1 N–H and O–H groups in total. The van der Waals surface area contributed by atoms with Gasteiger partial charge >= 0.3 is 6.03 Å². The summed E-state index contributed by atoms with van der Waals surface area (Å²) in [5, 5.41) is 3.41. The van der Waals surface area contributed by atoms with Crippen molar-refractivity contribution in [2.24, 2.45) is 0 Å². The van der Waals surface area contributed by atoms with Gasteiger partial charge in [0, 0.05) is 38.2 Å². The molecule has 0 aliphatic heterocycles. The van der Waals surface area contributed by atoms with E-state index in [1.54, 1.807) is 11.0 Å². The summed E-state index contributed by atoms with van der Waals surface area (Å²) in [6.07, 6.45) is 3.02. The van der Waals surface area contributed by atoms with Crippen LogP contribution in [0.1, 0.15) is 25.3 Å². The zero-order chi connectivity index (χ0) is 18.2. The largest absolute Gasteiger partial charge is 0.337 e. The number of benzene rings is 1. The second-order valence-corrected chi connectivity index (χ2v) is 8.25. The normalized spacial score (nSPS) is 11.5. The number of amides is 2. The van der Waals surface area contributed by atoms with Gasteiger partial charge in [-0.2, -0.15) is 0 Å². The Morgan fingerprint density at radius 3 is 2.58 bits per heavy atom. The second kappa shape index (κ2) is 9.86. The number of sulfonamides is 1. The molecule has 0 saturated carbocycles. The van der Waals surface area contributed by atoms with Gasteiger partial charge in [-0.15, -0.1) is 0 Å². The van der Waals surface area contributed by atoms with Gasteiger partial charge in [-0.3, -0.25) is 0 Å². The summed E-state index contributed by atoms with van der Waals surface area (Å²) in [4.78, 5) is 14.1. The molecule has 0 radical (unpaired) electrons. The van der Waals surface area contributed by atoms with Crippen molar-refractivity contribution >= 4 is 27.7 Å². The van der Waals surface area contributed by atoms with Crippen LogP contribution in [0.4, 0.5) is 4.79 Å². The monoisotopic (exact) mass is 375 g/mol. The summed E-state index contributed by atoms with van der Waals surface area (Å²) < 4.78 is 23.9. The van der Waals surface area contributed by atoms with Crippen LogP contribution in [0.15, 0.2) is 24.3 Å². The van der Waals surface area contributed by atoms with Crippen LogP contribution < -0.4 is 5.32 Å². The number of rotatable bonds is 9. The molecule has 1 aromatic rings. The van der Waals surface area contributed by atoms with Gasteiger partial charge in [-0.1, -0.05) is 37.1 Å². The van der Waals surface area contributed by atoms with Crippen molar-refractivity contribution in [1.82, 2.24) is 14.5 Å². The molecule has 1 aromatic carbocycles. The van der Waals surface area contributed by atoms with Gasteiger partial charge in [-0.05, 0) is 24.1 Å². The summed E-state index contributed by atoms with van der Waals surface area (Å²) >= 11 is 5.99. The van der Waals surface area contributed by atoms with Crippen LogP contribution in [0.3, 0.4) is 0 Å². The number of nitrogens with one attached hydrogen (secondary N) is 1. The van der Waals surface area contributed by atoms with Crippen LogP contribution in [0, 0.1) is 0 Å². The lowest BCUT2D eigenvalue weighted by Crippen LogP contribution is -2.43. The first-order chi connectivity index (χ1) is 11.2. The van der Waals surface area contributed by atoms with Gasteiger partial charge in [0.25, 0.3) is 0 Å². The van der Waals surface area contributed by atoms with Crippen molar-refractivity contribution in [1.29, 1.82) is 0 Å². The summed E-state index contributed by atoms with van der Waals surface area (Å²) in [6, 6.07) is 7.21. The number of hydrogen-bond acceptors (Lipinski definition) is 3. The van der Waals surface area contributed by atoms with E-state index in [1.165, 1.54) is 11.4 Å². The van der Waals surface area contributed by atoms with Crippen LogP contribution in [0.2, 0.25) is 5.02 Å². The molecule has 0 saturated heterocycles. The molecule has 0 aliphatic carbocycles. The Labute approximate surface area is 149 Å². The standard InChI is InChI=1S/C16H26ClN3O3S/c1-4-5-10-20(13-14-7-6-8-15(17)12-14)16(21)18-9-11-19(2)24(3,22)23/h6-8,12H,4-5,9-11,13H2,1-3H3,(H,18,21). The SMILES string of the molecule is CCCCN(Cc1cccc(Cl)c1)C(=O)NCCN(C)S(C)(=O)=O. The molecule has 1 rings (SSSR count). The fourth-order valence-electron chi connectivity index (χ4n) is 2.05. The number of unbranched alkanes of at least 4 members (excludes halogenated alkanes) is 1. The number of carbonyl (C=O) groups is 1. The lowest BCUT2D eigenvalue weighted by Gasteiger charge is -2.24. The minimum absolute atomic E-state index is 0.203. The molecule has 0 spiro atoms. The third kappa shape index (κ3) is 7.51. The average molecular weight is 376 g/mol. The molecule has 0 unspecified atom stereocenters. The Morgan fingerprint density at radius 1 is 1.29 bits per heavy atom. The lowest BCUT2D eigenvalue weighted by molar-refractivity contribution is 0.193. The van der Waals surface area contributed by atoms with Gasteiger partial charge in [-0.25, -0.2) is 17.5 Å². The Balaban J connectivity index is 2.61. The van der Waals surface area contributed by atoms with Crippen LogP contribution in [-0.2, 0) is 16.6 Å². The van der Waals surface area contributed by atoms with Gasteiger partial charge in [0.05, 0.1) is 6.26 Å². The fourth-order valence-corrected chi connectivity index (χ4v) is 2.69. The topological polar surface area (TPSA) is 69.7 Å². The Bertz CT molecular complexity index is 637. The third-order valence-electron chi connectivity index (χ3n) is 3.60. The molecular weight excluding hydrogens is 350 g/mol. The van der Waals surface area contributed by atoms with E-state index in [-0.39, 0.29) is 19.1 Å². The number of carbonyl (C=O) groups excluding carboxylic acids is 1. The van der Waals surface area contributed by atoms with Gasteiger partial charge in [0.2, 0.25) is 10.0 Å². The molecule has 24 heavy (non-hydrogen) atoms. The highest BCUT2D eigenvalue weighted by molar-refractivity contribution is 7.88. The number of halogens is 1. The smallest absolute Gasteiger partial charge is 0.317 e. The first kappa shape index (κ1) is 20.7. The summed E-state index contributed by atoms with van der Waals surface area (Å²) in [5.41, 5.74) is 0.960. The molecule has 8 heteroatoms. The highest BCUT2D eigenvalue weighted by Gasteiger charge is 2.15. The van der Waals surface area contributed by atoms with E-state index in [0.29, 0.717) is 18.1 Å². The van der Waals surface area contributed by atoms with Gasteiger partial charge in [0.1, 0.15) is 0 Å². The van der Waals surface area contributed by atoms with Crippen LogP contribution in [0.5, 0.6) is 0 Å². The highest BCUT2D eigenvalue weighted by Crippen LogP contribution is 2.13. The zero-order valence-corrected chi connectivity index (χ0v) is 16.0. The number of likely N-dealkylation sites (N-methyl/N-ethyl adjacent to an activating group) is 1. The van der Waals surface area contributed by atoms with E-state index in [0.717, 1.165) is 24.7 Å². The van der Waals surface area contributed by atoms with E-state index in [4.69, 9.17) is 11.6 Å².